The van der Waals surface area contributed by atoms with Gasteiger partial charge in [0.05, 0.1) is 0 Å². The van der Waals surface area contributed by atoms with Gasteiger partial charge in [-0.3, -0.25) is 10.2 Å². The fraction of sp³-hybridized carbons (Fsp3) is 0.714. The lowest BCUT2D eigenvalue weighted by molar-refractivity contribution is -0.119. The summed E-state index contributed by atoms with van der Waals surface area (Å²) >= 11 is 0. The zero-order chi connectivity index (χ0) is 10.3. The van der Waals surface area contributed by atoms with Crippen LogP contribution in [0.15, 0.2) is 4.99 Å². The first-order chi connectivity index (χ1) is 6.10. The second kappa shape index (κ2) is 6.24. The Kier molecular flexibility index (Phi) is 5.62. The van der Waals surface area contributed by atoms with Crippen molar-refractivity contribution in [1.29, 1.82) is 0 Å². The van der Waals surface area contributed by atoms with E-state index in [9.17, 15) is 4.79 Å². The Morgan fingerprint density at radius 2 is 2.15 bits per heavy atom. The SMILES string of the molecule is CNC(=O)CN=C(NN)NC(C)C. The standard InChI is InChI=1S/C7H17N5O/c1-5(2)11-7(12-8)10-4-6(13)9-3/h5H,4,8H2,1-3H3,(H,9,13)(H2,10,11,12). The van der Waals surface area contributed by atoms with Crippen molar-refractivity contribution >= 4 is 11.9 Å². The summed E-state index contributed by atoms with van der Waals surface area (Å²) in [7, 11) is 1.56. The van der Waals surface area contributed by atoms with Gasteiger partial charge in [0.15, 0.2) is 0 Å². The highest BCUT2D eigenvalue weighted by Gasteiger charge is 1.99. The third-order valence-electron chi connectivity index (χ3n) is 1.22. The number of carbonyl (C=O) groups excluding carboxylic acids is 1. The van der Waals surface area contributed by atoms with Crippen LogP contribution in [0.3, 0.4) is 0 Å². The lowest BCUT2D eigenvalue weighted by atomic mass is 10.4. The van der Waals surface area contributed by atoms with E-state index >= 15 is 0 Å². The molecule has 0 aliphatic heterocycles. The number of likely N-dealkylation sites (N-methyl/N-ethyl adjacent to an activating group) is 1. The molecule has 0 aromatic heterocycles. The summed E-state index contributed by atoms with van der Waals surface area (Å²) in [6, 6.07) is 0.222. The largest absolute Gasteiger partial charge is 0.358 e. The maximum atomic E-state index is 10.8. The molecule has 0 rings (SSSR count). The molecule has 0 aromatic carbocycles. The van der Waals surface area contributed by atoms with Gasteiger partial charge in [0.1, 0.15) is 6.54 Å². The van der Waals surface area contributed by atoms with Gasteiger partial charge < -0.3 is 10.6 Å². The van der Waals surface area contributed by atoms with E-state index in [4.69, 9.17) is 5.84 Å². The van der Waals surface area contributed by atoms with Crippen molar-refractivity contribution in [2.24, 2.45) is 10.8 Å². The fourth-order valence-corrected chi connectivity index (χ4v) is 0.636. The van der Waals surface area contributed by atoms with Crippen LogP contribution in [0.2, 0.25) is 0 Å². The summed E-state index contributed by atoms with van der Waals surface area (Å²) in [5, 5.41) is 5.40. The predicted molar refractivity (Wildman–Crippen MR) is 52.0 cm³/mol. The van der Waals surface area contributed by atoms with Crippen molar-refractivity contribution < 1.29 is 4.79 Å². The van der Waals surface area contributed by atoms with Crippen LogP contribution in [-0.2, 0) is 4.79 Å². The minimum atomic E-state index is -0.154. The molecule has 0 heterocycles. The van der Waals surface area contributed by atoms with Crippen molar-refractivity contribution in [3.63, 3.8) is 0 Å². The lowest BCUT2D eigenvalue weighted by Gasteiger charge is -2.11. The van der Waals surface area contributed by atoms with Crippen LogP contribution in [0.25, 0.3) is 0 Å². The van der Waals surface area contributed by atoms with E-state index in [1.807, 2.05) is 13.8 Å². The second-order valence-electron chi connectivity index (χ2n) is 2.78. The number of carbonyl (C=O) groups is 1. The van der Waals surface area contributed by atoms with Gasteiger partial charge in [-0.25, -0.2) is 10.8 Å². The minimum Gasteiger partial charge on any atom is -0.358 e. The first kappa shape index (κ1) is 11.7. The molecular weight excluding hydrogens is 170 g/mol. The molecule has 0 aliphatic rings. The molecule has 1 amide bonds. The molecule has 0 aromatic rings. The van der Waals surface area contributed by atoms with Crippen molar-refractivity contribution in [3.8, 4) is 0 Å². The average Bonchev–Trinajstić information content (AvgIpc) is 2.10. The zero-order valence-electron chi connectivity index (χ0n) is 8.22. The van der Waals surface area contributed by atoms with Crippen molar-refractivity contribution in [3.05, 3.63) is 0 Å². The highest BCUT2D eigenvalue weighted by molar-refractivity contribution is 5.84. The lowest BCUT2D eigenvalue weighted by Crippen LogP contribution is -2.45. The van der Waals surface area contributed by atoms with E-state index in [1.54, 1.807) is 7.05 Å². The highest BCUT2D eigenvalue weighted by atomic mass is 16.1. The number of nitrogens with one attached hydrogen (secondary N) is 3. The predicted octanol–water partition coefficient (Wildman–Crippen LogP) is -1.45. The third-order valence-corrected chi connectivity index (χ3v) is 1.22. The van der Waals surface area contributed by atoms with Crippen LogP contribution in [-0.4, -0.2) is 31.5 Å². The summed E-state index contributed by atoms with van der Waals surface area (Å²) in [5.41, 5.74) is 2.37. The van der Waals surface area contributed by atoms with E-state index in [1.165, 1.54) is 0 Å². The average molecular weight is 187 g/mol. The highest BCUT2D eigenvalue weighted by Crippen LogP contribution is 1.77. The Bertz CT molecular complexity index is 189. The van der Waals surface area contributed by atoms with Crippen molar-refractivity contribution in [2.45, 2.75) is 19.9 Å². The Morgan fingerprint density at radius 3 is 2.54 bits per heavy atom. The molecule has 0 bridgehead atoms. The molecule has 6 heteroatoms. The van der Waals surface area contributed by atoms with Crippen molar-refractivity contribution in [2.75, 3.05) is 13.6 Å². The zero-order valence-corrected chi connectivity index (χ0v) is 8.22. The van der Waals surface area contributed by atoms with E-state index < -0.39 is 0 Å². The summed E-state index contributed by atoms with van der Waals surface area (Å²) in [5.74, 6) is 5.43. The van der Waals surface area contributed by atoms with E-state index in [0.717, 1.165) is 0 Å². The topological polar surface area (TPSA) is 91.5 Å². The number of hydrogen-bond donors (Lipinski definition) is 4. The Balaban J connectivity index is 3.99. The van der Waals surface area contributed by atoms with Crippen LogP contribution < -0.4 is 21.9 Å². The van der Waals surface area contributed by atoms with Gasteiger partial charge >= 0.3 is 0 Å². The Morgan fingerprint density at radius 1 is 1.54 bits per heavy atom. The van der Waals surface area contributed by atoms with Crippen molar-refractivity contribution in [1.82, 2.24) is 16.1 Å². The van der Waals surface area contributed by atoms with Gasteiger partial charge in [-0.05, 0) is 13.8 Å². The molecule has 0 spiro atoms. The molecule has 0 radical (unpaired) electrons. The maximum absolute atomic E-state index is 10.8. The number of hydrazine groups is 1. The maximum Gasteiger partial charge on any atom is 0.241 e. The number of nitrogens with two attached hydrogens (primary N) is 1. The first-order valence-electron chi connectivity index (χ1n) is 4.08. The molecule has 76 valence electrons. The molecular formula is C7H17N5O. The third kappa shape index (κ3) is 5.92. The molecule has 5 N–H and O–H groups in total. The molecule has 0 saturated heterocycles. The Hall–Kier alpha value is -1.30. The second-order valence-corrected chi connectivity index (χ2v) is 2.78. The summed E-state index contributed by atoms with van der Waals surface area (Å²) < 4.78 is 0. The number of aliphatic imine (C=N–C) groups is 1. The van der Waals surface area contributed by atoms with Gasteiger partial charge in [0, 0.05) is 13.1 Å². The summed E-state index contributed by atoms with van der Waals surface area (Å²) in [4.78, 5) is 14.7. The monoisotopic (exact) mass is 187 g/mol. The van der Waals surface area contributed by atoms with Gasteiger partial charge in [-0.1, -0.05) is 0 Å². The normalized spacial score (nSPS) is 11.3. The Labute approximate surface area is 77.9 Å². The van der Waals surface area contributed by atoms with Crippen LogP contribution in [0.4, 0.5) is 0 Å². The molecule has 0 saturated carbocycles. The van der Waals surface area contributed by atoms with Crippen LogP contribution >= 0.6 is 0 Å². The summed E-state index contributed by atoms with van der Waals surface area (Å²) in [6.07, 6.45) is 0. The van der Waals surface area contributed by atoms with Crippen LogP contribution in [0.5, 0.6) is 0 Å². The van der Waals surface area contributed by atoms with Gasteiger partial charge in [-0.2, -0.15) is 0 Å². The smallest absolute Gasteiger partial charge is 0.241 e. The van der Waals surface area contributed by atoms with Gasteiger partial charge in [-0.15, -0.1) is 0 Å². The van der Waals surface area contributed by atoms with Gasteiger partial charge in [0.2, 0.25) is 11.9 Å². The quantitative estimate of drug-likeness (QED) is 0.188. The first-order valence-corrected chi connectivity index (χ1v) is 4.08. The number of amides is 1. The van der Waals surface area contributed by atoms with Crippen LogP contribution in [0.1, 0.15) is 13.8 Å². The van der Waals surface area contributed by atoms with Gasteiger partial charge in [0.25, 0.3) is 0 Å². The van der Waals surface area contributed by atoms with E-state index in [0.29, 0.717) is 5.96 Å². The minimum absolute atomic E-state index is 0.0652. The fourth-order valence-electron chi connectivity index (χ4n) is 0.636. The van der Waals surface area contributed by atoms with E-state index in [2.05, 4.69) is 21.1 Å². The molecule has 6 nitrogen and oxygen atoms in total. The summed E-state index contributed by atoms with van der Waals surface area (Å²) in [6.45, 7) is 3.97. The van der Waals surface area contributed by atoms with E-state index in [-0.39, 0.29) is 18.5 Å². The molecule has 0 aliphatic carbocycles. The molecule has 0 atom stereocenters. The number of hydrogen-bond acceptors (Lipinski definition) is 3. The number of rotatable bonds is 3. The molecule has 0 fully saturated rings. The van der Waals surface area contributed by atoms with Crippen LogP contribution in [0, 0.1) is 0 Å². The number of guanidine groups is 1. The number of nitrogens with zero attached hydrogens (tertiary/aromatic N) is 1. The molecule has 13 heavy (non-hydrogen) atoms. The molecule has 0 unspecified atom stereocenters.